The monoisotopic (exact) mass is 323 g/mol. The van der Waals surface area contributed by atoms with Gasteiger partial charge in [0.05, 0.1) is 7.11 Å². The minimum absolute atomic E-state index is 0.0742. The number of hydrogen-bond donors (Lipinski definition) is 1. The average Bonchev–Trinajstić information content (AvgIpc) is 2.57. The molecule has 1 N–H and O–H groups in total. The predicted molar refractivity (Wildman–Crippen MR) is 90.6 cm³/mol. The van der Waals surface area contributed by atoms with Crippen molar-refractivity contribution in [1.82, 2.24) is 5.32 Å². The van der Waals surface area contributed by atoms with E-state index in [2.05, 4.69) is 5.32 Å². The lowest BCUT2D eigenvalue weighted by Crippen LogP contribution is -2.26. The van der Waals surface area contributed by atoms with Crippen LogP contribution in [-0.2, 0) is 20.7 Å². The van der Waals surface area contributed by atoms with Crippen LogP contribution in [0.25, 0.3) is 0 Å². The summed E-state index contributed by atoms with van der Waals surface area (Å²) in [5.41, 5.74) is 1.13. The topological polar surface area (TPSA) is 56.8 Å². The summed E-state index contributed by atoms with van der Waals surface area (Å²) in [6, 6.07) is 7.80. The molecule has 0 fully saturated rings. The highest BCUT2D eigenvalue weighted by Crippen LogP contribution is 2.12. The summed E-state index contributed by atoms with van der Waals surface area (Å²) in [6.07, 6.45) is 2.70. The van der Waals surface area contributed by atoms with Crippen molar-refractivity contribution in [1.29, 1.82) is 0 Å². The molecule has 0 saturated heterocycles. The molecule has 0 aromatic heterocycles. The van der Waals surface area contributed by atoms with Gasteiger partial charge in [-0.05, 0) is 44.4 Å². The third kappa shape index (κ3) is 8.57. The van der Waals surface area contributed by atoms with E-state index < -0.39 is 0 Å². The maximum Gasteiger partial charge on any atom is 0.220 e. The summed E-state index contributed by atoms with van der Waals surface area (Å²) < 4.78 is 16.1. The number of hydrogen-bond acceptors (Lipinski definition) is 4. The van der Waals surface area contributed by atoms with Crippen LogP contribution in [0.2, 0.25) is 0 Å². The molecule has 0 spiro atoms. The number of carbonyl (C=O) groups is 1. The van der Waals surface area contributed by atoms with E-state index in [-0.39, 0.29) is 12.2 Å². The smallest absolute Gasteiger partial charge is 0.220 e. The molecule has 23 heavy (non-hydrogen) atoms. The van der Waals surface area contributed by atoms with Gasteiger partial charge < -0.3 is 19.5 Å². The quantitative estimate of drug-likeness (QED) is 0.475. The van der Waals surface area contributed by atoms with Crippen molar-refractivity contribution < 1.29 is 19.0 Å². The molecule has 5 nitrogen and oxygen atoms in total. The number of amides is 1. The van der Waals surface area contributed by atoms with Crippen molar-refractivity contribution in [2.45, 2.75) is 45.8 Å². The number of carbonyl (C=O) groups excluding carboxylic acids is 1. The summed E-state index contributed by atoms with van der Waals surface area (Å²) in [4.78, 5) is 11.8. The molecule has 1 rings (SSSR count). The molecule has 1 aromatic rings. The van der Waals surface area contributed by atoms with E-state index in [1.807, 2.05) is 38.1 Å². The van der Waals surface area contributed by atoms with Crippen molar-refractivity contribution >= 4 is 5.91 Å². The predicted octanol–water partition coefficient (Wildman–Crippen LogP) is 2.92. The van der Waals surface area contributed by atoms with Gasteiger partial charge in [-0.1, -0.05) is 12.1 Å². The third-order valence-electron chi connectivity index (χ3n) is 3.44. The van der Waals surface area contributed by atoms with E-state index in [4.69, 9.17) is 14.2 Å². The third-order valence-corrected chi connectivity index (χ3v) is 3.44. The summed E-state index contributed by atoms with van der Waals surface area (Å²) in [6.45, 7) is 5.83. The van der Waals surface area contributed by atoms with Crippen molar-refractivity contribution in [2.75, 3.05) is 26.9 Å². The van der Waals surface area contributed by atoms with Crippen molar-refractivity contribution in [3.8, 4) is 5.75 Å². The average molecular weight is 323 g/mol. The molecule has 0 aliphatic carbocycles. The molecule has 0 unspecified atom stereocenters. The SMILES string of the molecule is CCOC(CCCNC(=O)CCc1ccc(OC)cc1)OCC. The van der Waals surface area contributed by atoms with Gasteiger partial charge in [-0.3, -0.25) is 4.79 Å². The lowest BCUT2D eigenvalue weighted by molar-refractivity contribution is -0.140. The number of benzene rings is 1. The van der Waals surface area contributed by atoms with Crippen molar-refractivity contribution in [3.63, 3.8) is 0 Å². The highest BCUT2D eigenvalue weighted by atomic mass is 16.7. The van der Waals surface area contributed by atoms with Crippen LogP contribution in [0, 0.1) is 0 Å². The lowest BCUT2D eigenvalue weighted by atomic mass is 10.1. The summed E-state index contributed by atoms with van der Waals surface area (Å²) >= 11 is 0. The summed E-state index contributed by atoms with van der Waals surface area (Å²) in [5.74, 6) is 0.904. The maximum absolute atomic E-state index is 11.8. The second kappa shape index (κ2) is 11.9. The first-order valence-corrected chi connectivity index (χ1v) is 8.32. The molecule has 1 amide bonds. The Morgan fingerprint density at radius 3 is 2.35 bits per heavy atom. The van der Waals surface area contributed by atoms with Gasteiger partial charge >= 0.3 is 0 Å². The number of methoxy groups -OCH3 is 1. The normalized spacial score (nSPS) is 10.8. The van der Waals surface area contributed by atoms with E-state index in [1.165, 1.54) is 0 Å². The lowest BCUT2D eigenvalue weighted by Gasteiger charge is -2.16. The van der Waals surface area contributed by atoms with Gasteiger partial charge in [0.1, 0.15) is 5.75 Å². The van der Waals surface area contributed by atoms with Gasteiger partial charge in [0, 0.05) is 32.6 Å². The summed E-state index contributed by atoms with van der Waals surface area (Å²) in [7, 11) is 1.64. The molecule has 0 atom stereocenters. The van der Waals surface area contributed by atoms with Gasteiger partial charge in [-0.2, -0.15) is 0 Å². The Hall–Kier alpha value is -1.59. The van der Waals surface area contributed by atoms with Crippen LogP contribution in [0.15, 0.2) is 24.3 Å². The molecular formula is C18H29NO4. The van der Waals surface area contributed by atoms with E-state index in [1.54, 1.807) is 7.11 Å². The van der Waals surface area contributed by atoms with Crippen LogP contribution in [0.1, 0.15) is 38.7 Å². The van der Waals surface area contributed by atoms with E-state index in [9.17, 15) is 4.79 Å². The Morgan fingerprint density at radius 2 is 1.78 bits per heavy atom. The van der Waals surface area contributed by atoms with E-state index in [0.29, 0.717) is 26.2 Å². The van der Waals surface area contributed by atoms with Crippen LogP contribution in [0.3, 0.4) is 0 Å². The molecule has 0 aliphatic rings. The largest absolute Gasteiger partial charge is 0.497 e. The van der Waals surface area contributed by atoms with Gasteiger partial charge in [0.15, 0.2) is 6.29 Å². The molecule has 0 saturated carbocycles. The molecule has 0 radical (unpaired) electrons. The van der Waals surface area contributed by atoms with Crippen molar-refractivity contribution in [2.24, 2.45) is 0 Å². The zero-order valence-electron chi connectivity index (χ0n) is 14.5. The van der Waals surface area contributed by atoms with E-state index >= 15 is 0 Å². The molecule has 0 heterocycles. The molecule has 0 aliphatic heterocycles. The van der Waals surface area contributed by atoms with Crippen molar-refractivity contribution in [3.05, 3.63) is 29.8 Å². The van der Waals surface area contributed by atoms with Crippen LogP contribution >= 0.6 is 0 Å². The molecule has 5 heteroatoms. The second-order valence-corrected chi connectivity index (χ2v) is 5.18. The fraction of sp³-hybridized carbons (Fsp3) is 0.611. The highest BCUT2D eigenvalue weighted by Gasteiger charge is 2.08. The zero-order chi connectivity index (χ0) is 16.9. The number of aryl methyl sites for hydroxylation is 1. The fourth-order valence-corrected chi connectivity index (χ4v) is 2.22. The van der Waals surface area contributed by atoms with Gasteiger partial charge in [0.25, 0.3) is 0 Å². The maximum atomic E-state index is 11.8. The van der Waals surface area contributed by atoms with Crippen LogP contribution in [0.4, 0.5) is 0 Å². The molecule has 130 valence electrons. The first-order chi connectivity index (χ1) is 11.2. The Bertz CT molecular complexity index is 427. The fourth-order valence-electron chi connectivity index (χ4n) is 2.22. The van der Waals surface area contributed by atoms with Crippen LogP contribution in [-0.4, -0.2) is 39.1 Å². The second-order valence-electron chi connectivity index (χ2n) is 5.18. The van der Waals surface area contributed by atoms with E-state index in [0.717, 1.165) is 30.6 Å². The Balaban J connectivity index is 2.16. The highest BCUT2D eigenvalue weighted by molar-refractivity contribution is 5.76. The van der Waals surface area contributed by atoms with Gasteiger partial charge in [0.2, 0.25) is 5.91 Å². The molecule has 0 bridgehead atoms. The Morgan fingerprint density at radius 1 is 1.13 bits per heavy atom. The Kier molecular flexibility index (Phi) is 10.1. The van der Waals surface area contributed by atoms with Gasteiger partial charge in [-0.15, -0.1) is 0 Å². The first-order valence-electron chi connectivity index (χ1n) is 8.32. The first kappa shape index (κ1) is 19.5. The number of nitrogens with one attached hydrogen (secondary N) is 1. The Labute approximate surface area is 139 Å². The van der Waals surface area contributed by atoms with Crippen LogP contribution in [0.5, 0.6) is 5.75 Å². The zero-order valence-corrected chi connectivity index (χ0v) is 14.5. The molecule has 1 aromatic carbocycles. The standard InChI is InChI=1S/C18H29NO4/c1-4-22-18(23-5-2)7-6-14-19-17(20)13-10-15-8-11-16(21-3)12-9-15/h8-9,11-12,18H,4-7,10,13-14H2,1-3H3,(H,19,20). The minimum atomic E-state index is -0.166. The molecular weight excluding hydrogens is 294 g/mol. The van der Waals surface area contributed by atoms with Gasteiger partial charge in [-0.25, -0.2) is 0 Å². The number of ether oxygens (including phenoxy) is 3. The number of rotatable bonds is 12. The van der Waals surface area contributed by atoms with Crippen LogP contribution < -0.4 is 10.1 Å². The summed E-state index contributed by atoms with van der Waals surface area (Å²) in [5, 5.41) is 2.94. The minimum Gasteiger partial charge on any atom is -0.497 e.